The van der Waals surface area contributed by atoms with Crippen LogP contribution in [0.1, 0.15) is 10.5 Å². The first kappa shape index (κ1) is 16.6. The molecule has 0 spiro atoms. The van der Waals surface area contributed by atoms with Gasteiger partial charge in [-0.25, -0.2) is 9.48 Å². The van der Waals surface area contributed by atoms with Gasteiger partial charge in [0.2, 0.25) is 0 Å². The minimum absolute atomic E-state index is 0.168. The van der Waals surface area contributed by atoms with Crippen LogP contribution in [-0.2, 0) is 0 Å². The molecule has 0 bridgehead atoms. The van der Waals surface area contributed by atoms with Crippen LogP contribution < -0.4 is 15.7 Å². The van der Waals surface area contributed by atoms with Crippen molar-refractivity contribution in [1.29, 1.82) is 0 Å². The number of rotatable bonds is 4. The largest absolute Gasteiger partial charge is 0.493 e. The highest BCUT2D eigenvalue weighted by molar-refractivity contribution is 6.05. The number of fused-ring (bicyclic) bond motifs is 1. The molecule has 0 aliphatic heterocycles. The molecule has 0 unspecified atom stereocenters. The maximum Gasteiger partial charge on any atom is 0.336 e. The van der Waals surface area contributed by atoms with Crippen molar-refractivity contribution in [2.24, 2.45) is 0 Å². The lowest BCUT2D eigenvalue weighted by molar-refractivity contribution is 0.101. The third-order valence-electron chi connectivity index (χ3n) is 4.01. The van der Waals surface area contributed by atoms with Crippen LogP contribution in [0.4, 0.5) is 5.69 Å². The van der Waals surface area contributed by atoms with Crippen molar-refractivity contribution >= 4 is 22.6 Å². The molecule has 7 nitrogen and oxygen atoms in total. The van der Waals surface area contributed by atoms with Gasteiger partial charge in [-0.05, 0) is 36.4 Å². The van der Waals surface area contributed by atoms with Gasteiger partial charge in [0.1, 0.15) is 5.58 Å². The zero-order chi connectivity index (χ0) is 18.8. The SMILES string of the molecule is COc1cn(-c2ccccc2)nc1C(=O)Nc1ccc2oc(=O)ccc2c1. The third-order valence-corrected chi connectivity index (χ3v) is 4.01. The molecule has 2 heterocycles. The first-order chi connectivity index (χ1) is 13.1. The average Bonchev–Trinajstić information content (AvgIpc) is 3.13. The van der Waals surface area contributed by atoms with Crippen LogP contribution in [0.25, 0.3) is 16.7 Å². The highest BCUT2D eigenvalue weighted by atomic mass is 16.5. The first-order valence-electron chi connectivity index (χ1n) is 8.18. The molecule has 1 N–H and O–H groups in total. The molecular weight excluding hydrogens is 346 g/mol. The van der Waals surface area contributed by atoms with Crippen LogP contribution in [0.2, 0.25) is 0 Å². The van der Waals surface area contributed by atoms with E-state index in [2.05, 4.69) is 10.4 Å². The summed E-state index contributed by atoms with van der Waals surface area (Å²) >= 11 is 0. The van der Waals surface area contributed by atoms with Crippen LogP contribution in [0, 0.1) is 0 Å². The number of carbonyl (C=O) groups is 1. The summed E-state index contributed by atoms with van der Waals surface area (Å²) in [4.78, 5) is 23.9. The number of nitrogens with one attached hydrogen (secondary N) is 1. The maximum absolute atomic E-state index is 12.7. The van der Waals surface area contributed by atoms with Gasteiger partial charge in [-0.3, -0.25) is 4.79 Å². The maximum atomic E-state index is 12.7. The number of aromatic nitrogens is 2. The van der Waals surface area contributed by atoms with Crippen molar-refractivity contribution < 1.29 is 13.9 Å². The van der Waals surface area contributed by atoms with Crippen molar-refractivity contribution in [3.63, 3.8) is 0 Å². The molecule has 7 heteroatoms. The van der Waals surface area contributed by atoms with Gasteiger partial charge in [0.15, 0.2) is 11.4 Å². The molecule has 1 amide bonds. The van der Waals surface area contributed by atoms with E-state index in [1.54, 1.807) is 35.1 Å². The molecule has 0 saturated carbocycles. The molecule has 0 fully saturated rings. The summed E-state index contributed by atoms with van der Waals surface area (Å²) in [5.74, 6) is -0.0404. The summed E-state index contributed by atoms with van der Waals surface area (Å²) in [6.45, 7) is 0. The fourth-order valence-electron chi connectivity index (χ4n) is 2.72. The Hall–Kier alpha value is -3.87. The number of anilines is 1. The molecule has 4 rings (SSSR count). The first-order valence-corrected chi connectivity index (χ1v) is 8.18. The van der Waals surface area contributed by atoms with Crippen molar-refractivity contribution in [2.75, 3.05) is 12.4 Å². The molecule has 0 aliphatic rings. The Morgan fingerprint density at radius 1 is 1.11 bits per heavy atom. The minimum atomic E-state index is -0.421. The van der Waals surface area contributed by atoms with Gasteiger partial charge in [-0.2, -0.15) is 5.10 Å². The number of ether oxygens (including phenoxy) is 1. The Morgan fingerprint density at radius 2 is 1.93 bits per heavy atom. The summed E-state index contributed by atoms with van der Waals surface area (Å²) in [6.07, 6.45) is 1.65. The van der Waals surface area contributed by atoms with E-state index in [1.807, 2.05) is 30.3 Å². The second kappa shape index (κ2) is 6.80. The van der Waals surface area contributed by atoms with E-state index in [-0.39, 0.29) is 5.69 Å². The second-order valence-corrected chi connectivity index (χ2v) is 5.79. The van der Waals surface area contributed by atoms with Gasteiger partial charge in [0, 0.05) is 17.1 Å². The predicted molar refractivity (Wildman–Crippen MR) is 101 cm³/mol. The fraction of sp³-hybridized carbons (Fsp3) is 0.0500. The average molecular weight is 361 g/mol. The van der Waals surface area contributed by atoms with E-state index in [0.29, 0.717) is 22.4 Å². The summed E-state index contributed by atoms with van der Waals surface area (Å²) in [5.41, 5.74) is 1.57. The molecule has 0 aliphatic carbocycles. The molecule has 134 valence electrons. The Kier molecular flexibility index (Phi) is 4.18. The van der Waals surface area contributed by atoms with Gasteiger partial charge in [-0.15, -0.1) is 0 Å². The quantitative estimate of drug-likeness (QED) is 0.564. The molecular formula is C20H15N3O4. The van der Waals surface area contributed by atoms with E-state index in [4.69, 9.17) is 9.15 Å². The predicted octanol–water partition coefficient (Wildman–Crippen LogP) is 3.24. The van der Waals surface area contributed by atoms with Crippen molar-refractivity contribution in [3.05, 3.63) is 83.0 Å². The summed E-state index contributed by atoms with van der Waals surface area (Å²) in [5, 5.41) is 7.83. The zero-order valence-electron chi connectivity index (χ0n) is 14.4. The summed E-state index contributed by atoms with van der Waals surface area (Å²) < 4.78 is 12.0. The van der Waals surface area contributed by atoms with Gasteiger partial charge in [-0.1, -0.05) is 18.2 Å². The number of hydrogen-bond donors (Lipinski definition) is 1. The number of para-hydroxylation sites is 1. The normalized spacial score (nSPS) is 10.7. The Labute approximate surface area is 153 Å². The van der Waals surface area contributed by atoms with E-state index < -0.39 is 11.5 Å². The number of benzene rings is 2. The lowest BCUT2D eigenvalue weighted by Gasteiger charge is -2.05. The Morgan fingerprint density at radius 3 is 2.70 bits per heavy atom. The van der Waals surface area contributed by atoms with Gasteiger partial charge in [0.25, 0.3) is 5.91 Å². The molecule has 2 aromatic carbocycles. The second-order valence-electron chi connectivity index (χ2n) is 5.79. The van der Waals surface area contributed by atoms with Crippen molar-refractivity contribution in [2.45, 2.75) is 0 Å². The number of amides is 1. The highest BCUT2D eigenvalue weighted by Crippen LogP contribution is 2.22. The minimum Gasteiger partial charge on any atom is -0.493 e. The highest BCUT2D eigenvalue weighted by Gasteiger charge is 2.18. The standard InChI is InChI=1S/C20H15N3O4/c1-26-17-12-23(15-5-3-2-4-6-15)22-19(17)20(25)21-14-8-9-16-13(11-14)7-10-18(24)27-16/h2-12H,1H3,(H,21,25). The van der Waals surface area contributed by atoms with Crippen LogP contribution in [0.15, 0.2) is 76.1 Å². The van der Waals surface area contributed by atoms with Crippen molar-refractivity contribution in [3.8, 4) is 11.4 Å². The molecule has 4 aromatic rings. The van der Waals surface area contributed by atoms with Crippen LogP contribution in [-0.4, -0.2) is 22.8 Å². The monoisotopic (exact) mass is 361 g/mol. The Balaban J connectivity index is 1.64. The lowest BCUT2D eigenvalue weighted by atomic mass is 10.2. The smallest absolute Gasteiger partial charge is 0.336 e. The molecule has 0 radical (unpaired) electrons. The van der Waals surface area contributed by atoms with Crippen LogP contribution in [0.5, 0.6) is 5.75 Å². The van der Waals surface area contributed by atoms with E-state index >= 15 is 0 Å². The summed E-state index contributed by atoms with van der Waals surface area (Å²) in [6, 6.07) is 17.4. The number of carbonyl (C=O) groups excluding carboxylic acids is 1. The Bertz CT molecular complexity index is 1180. The number of nitrogens with zero attached hydrogens (tertiary/aromatic N) is 2. The van der Waals surface area contributed by atoms with Crippen molar-refractivity contribution in [1.82, 2.24) is 9.78 Å². The fourth-order valence-corrected chi connectivity index (χ4v) is 2.72. The van der Waals surface area contributed by atoms with Gasteiger partial charge >= 0.3 is 5.63 Å². The molecule has 2 aromatic heterocycles. The van der Waals surface area contributed by atoms with E-state index in [1.165, 1.54) is 13.2 Å². The van der Waals surface area contributed by atoms with Crippen LogP contribution in [0.3, 0.4) is 0 Å². The number of methoxy groups -OCH3 is 1. The van der Waals surface area contributed by atoms with Crippen LogP contribution >= 0.6 is 0 Å². The topological polar surface area (TPSA) is 86.4 Å². The zero-order valence-corrected chi connectivity index (χ0v) is 14.4. The van der Waals surface area contributed by atoms with E-state index in [0.717, 1.165) is 5.69 Å². The number of hydrogen-bond acceptors (Lipinski definition) is 5. The third kappa shape index (κ3) is 3.30. The molecule has 0 atom stereocenters. The van der Waals surface area contributed by atoms with Gasteiger partial charge in [0.05, 0.1) is 19.0 Å². The molecule has 0 saturated heterocycles. The van der Waals surface area contributed by atoms with Gasteiger partial charge < -0.3 is 14.5 Å². The van der Waals surface area contributed by atoms with E-state index in [9.17, 15) is 9.59 Å². The summed E-state index contributed by atoms with van der Waals surface area (Å²) in [7, 11) is 1.49. The lowest BCUT2D eigenvalue weighted by Crippen LogP contribution is -2.14. The molecule has 27 heavy (non-hydrogen) atoms.